The van der Waals surface area contributed by atoms with Crippen LogP contribution in [0, 0.1) is 0 Å². The van der Waals surface area contributed by atoms with Crippen LogP contribution in [0.2, 0.25) is 5.02 Å². The van der Waals surface area contributed by atoms with Crippen LogP contribution in [0.15, 0.2) is 111 Å². The molecule has 0 aliphatic heterocycles. The SMILES string of the molecule is CC(=C\Sc1ccc(Cl)cc1)/C(=N/c1ccccc1)Sc1ccccc1. The molecule has 0 bridgehead atoms. The van der Waals surface area contributed by atoms with E-state index >= 15 is 0 Å². The molecule has 0 saturated carbocycles. The smallest absolute Gasteiger partial charge is 0.105 e. The summed E-state index contributed by atoms with van der Waals surface area (Å²) in [5.41, 5.74) is 2.08. The summed E-state index contributed by atoms with van der Waals surface area (Å²) in [4.78, 5) is 7.18. The molecule has 0 amide bonds. The van der Waals surface area contributed by atoms with Gasteiger partial charge in [-0.25, -0.2) is 4.99 Å². The van der Waals surface area contributed by atoms with E-state index in [1.165, 1.54) is 4.90 Å². The van der Waals surface area contributed by atoms with Gasteiger partial charge in [0.25, 0.3) is 0 Å². The van der Waals surface area contributed by atoms with Crippen molar-refractivity contribution in [3.8, 4) is 0 Å². The minimum Gasteiger partial charge on any atom is -0.241 e. The first kappa shape index (κ1) is 18.8. The van der Waals surface area contributed by atoms with Gasteiger partial charge in [0.2, 0.25) is 0 Å². The van der Waals surface area contributed by atoms with Crippen LogP contribution in [-0.2, 0) is 0 Å². The van der Waals surface area contributed by atoms with Gasteiger partial charge in [0, 0.05) is 14.8 Å². The molecule has 0 aliphatic carbocycles. The highest BCUT2D eigenvalue weighted by atomic mass is 35.5. The maximum Gasteiger partial charge on any atom is 0.105 e. The van der Waals surface area contributed by atoms with Gasteiger partial charge in [-0.2, -0.15) is 0 Å². The van der Waals surface area contributed by atoms with Gasteiger partial charge >= 0.3 is 0 Å². The molecule has 4 heteroatoms. The van der Waals surface area contributed by atoms with Crippen LogP contribution in [-0.4, -0.2) is 5.04 Å². The van der Waals surface area contributed by atoms with Crippen molar-refractivity contribution < 1.29 is 0 Å². The Balaban J connectivity index is 1.85. The van der Waals surface area contributed by atoms with Crippen LogP contribution >= 0.6 is 35.1 Å². The molecule has 0 radical (unpaired) electrons. The van der Waals surface area contributed by atoms with Crippen molar-refractivity contribution >= 4 is 45.9 Å². The molecule has 0 spiro atoms. The number of rotatable bonds is 5. The van der Waals surface area contributed by atoms with Gasteiger partial charge in [-0.1, -0.05) is 71.5 Å². The van der Waals surface area contributed by atoms with E-state index in [2.05, 4.69) is 24.5 Å². The van der Waals surface area contributed by atoms with Gasteiger partial charge in [-0.05, 0) is 66.4 Å². The highest BCUT2D eigenvalue weighted by Crippen LogP contribution is 2.29. The van der Waals surface area contributed by atoms with Gasteiger partial charge < -0.3 is 0 Å². The summed E-state index contributed by atoms with van der Waals surface area (Å²) in [5, 5.41) is 3.88. The maximum atomic E-state index is 5.96. The number of hydrogen-bond donors (Lipinski definition) is 0. The Morgan fingerprint density at radius 3 is 2.08 bits per heavy atom. The molecule has 0 saturated heterocycles. The van der Waals surface area contributed by atoms with Gasteiger partial charge in [-0.3, -0.25) is 0 Å². The third-order valence-corrected chi connectivity index (χ3v) is 5.85. The summed E-state index contributed by atoms with van der Waals surface area (Å²) in [5.74, 6) is 0. The lowest BCUT2D eigenvalue weighted by Gasteiger charge is -2.08. The molecule has 3 aromatic rings. The summed E-state index contributed by atoms with van der Waals surface area (Å²) < 4.78 is 0. The number of thioether (sulfide) groups is 2. The molecule has 0 N–H and O–H groups in total. The van der Waals surface area contributed by atoms with Crippen LogP contribution in [0.5, 0.6) is 0 Å². The Labute approximate surface area is 168 Å². The van der Waals surface area contributed by atoms with E-state index in [0.29, 0.717) is 0 Å². The first-order valence-electron chi connectivity index (χ1n) is 8.17. The lowest BCUT2D eigenvalue weighted by Crippen LogP contribution is -1.94. The van der Waals surface area contributed by atoms with Crippen LogP contribution in [0.1, 0.15) is 6.92 Å². The van der Waals surface area contributed by atoms with Crippen molar-refractivity contribution in [2.45, 2.75) is 16.7 Å². The predicted molar refractivity (Wildman–Crippen MR) is 117 cm³/mol. The summed E-state index contributed by atoms with van der Waals surface area (Å²) in [6.07, 6.45) is 0. The highest BCUT2D eigenvalue weighted by Gasteiger charge is 2.06. The summed E-state index contributed by atoms with van der Waals surface area (Å²) in [7, 11) is 0. The average Bonchev–Trinajstić information content (AvgIpc) is 2.68. The minimum absolute atomic E-state index is 0.751. The van der Waals surface area contributed by atoms with E-state index in [0.717, 1.165) is 26.2 Å². The fourth-order valence-corrected chi connectivity index (χ4v) is 3.94. The molecule has 26 heavy (non-hydrogen) atoms. The number of hydrogen-bond acceptors (Lipinski definition) is 3. The highest BCUT2D eigenvalue weighted by molar-refractivity contribution is 8.14. The lowest BCUT2D eigenvalue weighted by atomic mass is 10.3. The van der Waals surface area contributed by atoms with Crippen molar-refractivity contribution in [3.05, 3.63) is 101 Å². The van der Waals surface area contributed by atoms with Gasteiger partial charge in [0.05, 0.1) is 5.69 Å². The van der Waals surface area contributed by atoms with Crippen molar-refractivity contribution in [1.29, 1.82) is 0 Å². The third kappa shape index (κ3) is 5.80. The minimum atomic E-state index is 0.751. The molecular formula is C22H18ClNS2. The van der Waals surface area contributed by atoms with Crippen LogP contribution in [0.4, 0.5) is 5.69 Å². The van der Waals surface area contributed by atoms with Crippen LogP contribution < -0.4 is 0 Å². The largest absolute Gasteiger partial charge is 0.241 e. The molecule has 0 atom stereocenters. The first-order valence-corrected chi connectivity index (χ1v) is 10.2. The Hall–Kier alpha value is -1.94. The Bertz CT molecular complexity index is 888. The van der Waals surface area contributed by atoms with E-state index in [-0.39, 0.29) is 0 Å². The van der Waals surface area contributed by atoms with E-state index < -0.39 is 0 Å². The fourth-order valence-electron chi connectivity index (χ4n) is 2.13. The maximum absolute atomic E-state index is 5.96. The topological polar surface area (TPSA) is 12.4 Å². The third-order valence-electron chi connectivity index (χ3n) is 3.47. The van der Waals surface area contributed by atoms with Crippen molar-refractivity contribution in [2.24, 2.45) is 4.99 Å². The monoisotopic (exact) mass is 395 g/mol. The number of aliphatic imine (C=N–C) groups is 1. The normalized spacial score (nSPS) is 12.2. The van der Waals surface area contributed by atoms with E-state index in [9.17, 15) is 0 Å². The molecule has 1 nitrogen and oxygen atoms in total. The Morgan fingerprint density at radius 1 is 0.808 bits per heavy atom. The summed E-state index contributed by atoms with van der Waals surface area (Å²) >= 11 is 9.31. The predicted octanol–water partition coefficient (Wildman–Crippen LogP) is 7.86. The average molecular weight is 396 g/mol. The zero-order valence-electron chi connectivity index (χ0n) is 14.3. The molecule has 3 aromatic carbocycles. The molecule has 3 rings (SSSR count). The zero-order chi connectivity index (χ0) is 18.2. The van der Waals surface area contributed by atoms with Crippen molar-refractivity contribution in [3.63, 3.8) is 0 Å². The molecule has 0 unspecified atom stereocenters. The first-order chi connectivity index (χ1) is 12.7. The Kier molecular flexibility index (Phi) is 7.01. The molecule has 0 fully saturated rings. The number of nitrogens with zero attached hydrogens (tertiary/aromatic N) is 1. The van der Waals surface area contributed by atoms with Crippen LogP contribution in [0.3, 0.4) is 0 Å². The van der Waals surface area contributed by atoms with Crippen molar-refractivity contribution in [2.75, 3.05) is 0 Å². The number of para-hydroxylation sites is 1. The van der Waals surface area contributed by atoms with Gasteiger partial charge in [0.1, 0.15) is 5.04 Å². The van der Waals surface area contributed by atoms with E-state index in [1.54, 1.807) is 23.5 Å². The van der Waals surface area contributed by atoms with Gasteiger partial charge in [0.15, 0.2) is 0 Å². The lowest BCUT2D eigenvalue weighted by molar-refractivity contribution is 1.46. The second-order valence-corrected chi connectivity index (χ2v) is 7.98. The molecule has 130 valence electrons. The quantitative estimate of drug-likeness (QED) is 0.247. The number of halogens is 1. The van der Waals surface area contributed by atoms with E-state index in [1.807, 2.05) is 72.8 Å². The van der Waals surface area contributed by atoms with Crippen LogP contribution in [0.25, 0.3) is 0 Å². The van der Waals surface area contributed by atoms with Gasteiger partial charge in [-0.15, -0.1) is 0 Å². The Morgan fingerprint density at radius 2 is 1.42 bits per heavy atom. The molecule has 0 aromatic heterocycles. The second-order valence-electron chi connectivity index (χ2n) is 5.54. The second kappa shape index (κ2) is 9.67. The van der Waals surface area contributed by atoms with Crippen molar-refractivity contribution in [1.82, 2.24) is 0 Å². The summed E-state index contributed by atoms with van der Waals surface area (Å²) in [6, 6.07) is 28.2. The number of benzene rings is 3. The molecular weight excluding hydrogens is 378 g/mol. The molecule has 0 heterocycles. The zero-order valence-corrected chi connectivity index (χ0v) is 16.7. The summed E-state index contributed by atoms with van der Waals surface area (Å²) in [6.45, 7) is 2.10. The fraction of sp³-hybridized carbons (Fsp3) is 0.0455. The molecule has 0 aliphatic rings. The van der Waals surface area contributed by atoms with E-state index in [4.69, 9.17) is 16.6 Å². The standard InChI is InChI=1S/C22H18ClNS2/c1-17(16-25-20-14-12-18(23)13-15-20)22(24-19-8-4-2-5-9-19)26-21-10-6-3-7-11-21/h2-16H,1H3/b17-16+,24-22-.